The van der Waals surface area contributed by atoms with Gasteiger partial charge in [0.15, 0.2) is 0 Å². The van der Waals surface area contributed by atoms with E-state index in [1.165, 1.54) is 0 Å². The minimum atomic E-state index is -0.238. The fourth-order valence-corrected chi connectivity index (χ4v) is 4.14. The van der Waals surface area contributed by atoms with Crippen molar-refractivity contribution in [2.24, 2.45) is 0 Å². The van der Waals surface area contributed by atoms with Crippen LogP contribution >= 0.6 is 0 Å². The molecule has 0 aliphatic heterocycles. The lowest BCUT2D eigenvalue weighted by atomic mass is 9.92. The predicted octanol–water partition coefficient (Wildman–Crippen LogP) is 5.64. The monoisotopic (exact) mass is 428 g/mol. The molecule has 0 radical (unpaired) electrons. The number of carbonyl (C=O) groups is 1. The van der Waals surface area contributed by atoms with Crippen molar-refractivity contribution in [3.05, 3.63) is 35.5 Å². The highest BCUT2D eigenvalue weighted by Gasteiger charge is 2.28. The third-order valence-electron chi connectivity index (χ3n) is 6.12. The van der Waals surface area contributed by atoms with E-state index in [2.05, 4.69) is 19.9 Å². The number of nitrogens with zero attached hydrogens (tertiary/aromatic N) is 2. The molecule has 31 heavy (non-hydrogen) atoms. The molecule has 0 bridgehead atoms. The van der Waals surface area contributed by atoms with E-state index in [-0.39, 0.29) is 18.2 Å². The molecule has 170 valence electrons. The van der Waals surface area contributed by atoms with Gasteiger partial charge in [0.1, 0.15) is 5.75 Å². The van der Waals surface area contributed by atoms with Crippen molar-refractivity contribution in [1.29, 1.82) is 0 Å². The SMILES string of the molecule is CCCCOc1c(C)c(COC2CCC(N(C)C(=O)OCC)CC2)nc2ccccc12. The van der Waals surface area contributed by atoms with Crippen molar-refractivity contribution >= 4 is 17.0 Å². The highest BCUT2D eigenvalue weighted by molar-refractivity contribution is 5.86. The summed E-state index contributed by atoms with van der Waals surface area (Å²) in [4.78, 5) is 18.5. The first-order valence-corrected chi connectivity index (χ1v) is 11.6. The van der Waals surface area contributed by atoms with E-state index in [0.29, 0.717) is 19.8 Å². The van der Waals surface area contributed by atoms with E-state index >= 15 is 0 Å². The first-order chi connectivity index (χ1) is 15.0. The van der Waals surface area contributed by atoms with Crippen LogP contribution in [0.25, 0.3) is 10.9 Å². The van der Waals surface area contributed by atoms with E-state index in [0.717, 1.165) is 66.4 Å². The van der Waals surface area contributed by atoms with Crippen LogP contribution in [0.2, 0.25) is 0 Å². The fourth-order valence-electron chi connectivity index (χ4n) is 4.14. The standard InChI is InChI=1S/C25H36N2O4/c1-5-7-16-30-24-18(3)23(26-22-11-9-8-10-21(22)24)17-31-20-14-12-19(13-15-20)27(4)25(28)29-6-2/h8-11,19-20H,5-7,12-17H2,1-4H3. The number of amides is 1. The Morgan fingerprint density at radius 2 is 1.90 bits per heavy atom. The van der Waals surface area contributed by atoms with Crippen LogP contribution in [0.5, 0.6) is 5.75 Å². The highest BCUT2D eigenvalue weighted by atomic mass is 16.6. The van der Waals surface area contributed by atoms with Gasteiger partial charge in [-0.05, 0) is 58.1 Å². The van der Waals surface area contributed by atoms with Gasteiger partial charge in [0, 0.05) is 24.0 Å². The van der Waals surface area contributed by atoms with Crippen LogP contribution in [0, 0.1) is 6.92 Å². The molecule has 1 aliphatic carbocycles. The summed E-state index contributed by atoms with van der Waals surface area (Å²) in [6, 6.07) is 8.35. The van der Waals surface area contributed by atoms with Gasteiger partial charge >= 0.3 is 6.09 Å². The number of para-hydroxylation sites is 1. The molecule has 6 heteroatoms. The van der Waals surface area contributed by atoms with Gasteiger partial charge in [0.05, 0.1) is 37.1 Å². The van der Waals surface area contributed by atoms with Gasteiger partial charge < -0.3 is 19.1 Å². The van der Waals surface area contributed by atoms with E-state index in [1.807, 2.05) is 32.2 Å². The first-order valence-electron chi connectivity index (χ1n) is 11.6. The lowest BCUT2D eigenvalue weighted by Gasteiger charge is -2.34. The van der Waals surface area contributed by atoms with E-state index in [1.54, 1.807) is 4.90 Å². The molecular weight excluding hydrogens is 392 g/mol. The minimum Gasteiger partial charge on any atom is -0.493 e. The molecule has 0 saturated heterocycles. The second-order valence-corrected chi connectivity index (χ2v) is 8.28. The molecule has 0 unspecified atom stereocenters. The number of hydrogen-bond acceptors (Lipinski definition) is 5. The Kier molecular flexibility index (Phi) is 8.52. The summed E-state index contributed by atoms with van der Waals surface area (Å²) in [5.41, 5.74) is 2.94. The Hall–Kier alpha value is -2.34. The van der Waals surface area contributed by atoms with Crippen molar-refractivity contribution in [3.8, 4) is 5.75 Å². The van der Waals surface area contributed by atoms with Crippen LogP contribution < -0.4 is 4.74 Å². The smallest absolute Gasteiger partial charge is 0.409 e. The topological polar surface area (TPSA) is 60.9 Å². The van der Waals surface area contributed by atoms with Crippen molar-refractivity contribution in [2.45, 2.75) is 78.0 Å². The van der Waals surface area contributed by atoms with E-state index in [9.17, 15) is 4.79 Å². The first kappa shape index (κ1) is 23.3. The molecule has 1 saturated carbocycles. The summed E-state index contributed by atoms with van der Waals surface area (Å²) in [6.45, 7) is 7.67. The molecule has 3 rings (SSSR count). The van der Waals surface area contributed by atoms with Crippen LogP contribution in [0.4, 0.5) is 4.79 Å². The van der Waals surface area contributed by atoms with E-state index in [4.69, 9.17) is 19.2 Å². The second kappa shape index (κ2) is 11.3. The lowest BCUT2D eigenvalue weighted by molar-refractivity contribution is -0.00145. The number of benzene rings is 1. The summed E-state index contributed by atoms with van der Waals surface area (Å²) in [7, 11) is 1.83. The number of fused-ring (bicyclic) bond motifs is 1. The van der Waals surface area contributed by atoms with Gasteiger partial charge in [-0.1, -0.05) is 25.5 Å². The molecule has 2 aromatic rings. The van der Waals surface area contributed by atoms with Crippen molar-refractivity contribution in [2.75, 3.05) is 20.3 Å². The Bertz CT molecular complexity index is 862. The normalized spacial score (nSPS) is 18.7. The van der Waals surface area contributed by atoms with Crippen LogP contribution in [0.3, 0.4) is 0 Å². The summed E-state index contributed by atoms with van der Waals surface area (Å²) in [6.07, 6.45) is 5.80. The molecule has 1 heterocycles. The Morgan fingerprint density at radius 1 is 1.16 bits per heavy atom. The van der Waals surface area contributed by atoms with E-state index < -0.39 is 0 Å². The maximum absolute atomic E-state index is 12.0. The molecule has 1 aliphatic rings. The van der Waals surface area contributed by atoms with Crippen LogP contribution in [-0.4, -0.2) is 48.4 Å². The molecular formula is C25H36N2O4. The number of carbonyl (C=O) groups excluding carboxylic acids is 1. The zero-order valence-corrected chi connectivity index (χ0v) is 19.4. The van der Waals surface area contributed by atoms with Gasteiger partial charge in [-0.25, -0.2) is 9.78 Å². The molecule has 0 N–H and O–H groups in total. The number of hydrogen-bond donors (Lipinski definition) is 0. The minimum absolute atomic E-state index is 0.184. The third-order valence-corrected chi connectivity index (χ3v) is 6.12. The second-order valence-electron chi connectivity index (χ2n) is 8.28. The summed E-state index contributed by atoms with van der Waals surface area (Å²) in [5.74, 6) is 0.928. The summed E-state index contributed by atoms with van der Waals surface area (Å²) in [5, 5.41) is 1.06. The fraction of sp³-hybridized carbons (Fsp3) is 0.600. The molecule has 1 amide bonds. The van der Waals surface area contributed by atoms with Crippen molar-refractivity contribution < 1.29 is 19.0 Å². The summed E-state index contributed by atoms with van der Waals surface area (Å²) < 4.78 is 17.5. The maximum atomic E-state index is 12.0. The molecule has 0 spiro atoms. The Balaban J connectivity index is 1.62. The Labute approximate surface area is 185 Å². The molecule has 6 nitrogen and oxygen atoms in total. The van der Waals surface area contributed by atoms with Gasteiger partial charge in [0.25, 0.3) is 0 Å². The predicted molar refractivity (Wildman–Crippen MR) is 123 cm³/mol. The van der Waals surface area contributed by atoms with Crippen LogP contribution in [0.1, 0.15) is 63.6 Å². The largest absolute Gasteiger partial charge is 0.493 e. The van der Waals surface area contributed by atoms with Crippen molar-refractivity contribution in [3.63, 3.8) is 0 Å². The number of unbranched alkanes of at least 4 members (excludes halogenated alkanes) is 1. The van der Waals surface area contributed by atoms with Gasteiger partial charge in [0.2, 0.25) is 0 Å². The quantitative estimate of drug-likeness (QED) is 0.484. The molecule has 0 atom stereocenters. The summed E-state index contributed by atoms with van der Waals surface area (Å²) >= 11 is 0. The highest BCUT2D eigenvalue weighted by Crippen LogP contribution is 2.32. The average molecular weight is 429 g/mol. The number of aromatic nitrogens is 1. The third kappa shape index (κ3) is 5.88. The molecule has 1 aromatic heterocycles. The van der Waals surface area contributed by atoms with Crippen LogP contribution in [0.15, 0.2) is 24.3 Å². The molecule has 1 aromatic carbocycles. The lowest BCUT2D eigenvalue weighted by Crippen LogP contribution is -2.41. The van der Waals surface area contributed by atoms with Gasteiger partial charge in [-0.3, -0.25) is 0 Å². The zero-order valence-electron chi connectivity index (χ0n) is 19.4. The molecule has 1 fully saturated rings. The maximum Gasteiger partial charge on any atom is 0.409 e. The Morgan fingerprint density at radius 3 is 2.61 bits per heavy atom. The zero-order chi connectivity index (χ0) is 22.2. The number of pyridine rings is 1. The number of rotatable bonds is 9. The van der Waals surface area contributed by atoms with Gasteiger partial charge in [-0.15, -0.1) is 0 Å². The van der Waals surface area contributed by atoms with Crippen molar-refractivity contribution in [1.82, 2.24) is 9.88 Å². The van der Waals surface area contributed by atoms with Crippen LogP contribution in [-0.2, 0) is 16.1 Å². The van der Waals surface area contributed by atoms with Gasteiger partial charge in [-0.2, -0.15) is 0 Å². The average Bonchev–Trinajstić information content (AvgIpc) is 2.79. The number of ether oxygens (including phenoxy) is 3.